The standard InChI is InChI=1S/C19H23FN2O4S/c1-4-22(27(3,24)25)17-9-11-18(12-10-17)26-13-19(23)21-14(2)15-5-7-16(20)8-6-15/h5-12,14H,4,13H2,1-3H3,(H,21,23). The van der Waals surface area contributed by atoms with E-state index in [1.54, 1.807) is 50.2 Å². The van der Waals surface area contributed by atoms with Gasteiger partial charge in [0.05, 0.1) is 18.0 Å². The molecule has 1 unspecified atom stereocenters. The number of benzene rings is 2. The van der Waals surface area contributed by atoms with E-state index in [-0.39, 0.29) is 24.4 Å². The molecule has 146 valence electrons. The van der Waals surface area contributed by atoms with Gasteiger partial charge in [-0.2, -0.15) is 0 Å². The van der Waals surface area contributed by atoms with Crippen LogP contribution in [0.15, 0.2) is 48.5 Å². The summed E-state index contributed by atoms with van der Waals surface area (Å²) < 4.78 is 43.1. The number of anilines is 1. The van der Waals surface area contributed by atoms with Crippen molar-refractivity contribution in [3.05, 3.63) is 59.9 Å². The number of carbonyl (C=O) groups excluding carboxylic acids is 1. The first-order valence-corrected chi connectivity index (χ1v) is 10.3. The Morgan fingerprint density at radius 2 is 1.74 bits per heavy atom. The van der Waals surface area contributed by atoms with E-state index in [0.29, 0.717) is 18.0 Å². The maximum absolute atomic E-state index is 12.9. The highest BCUT2D eigenvalue weighted by atomic mass is 32.2. The van der Waals surface area contributed by atoms with Crippen molar-refractivity contribution in [1.82, 2.24) is 5.32 Å². The molecule has 0 radical (unpaired) electrons. The van der Waals surface area contributed by atoms with E-state index in [1.807, 2.05) is 0 Å². The van der Waals surface area contributed by atoms with E-state index < -0.39 is 10.0 Å². The molecule has 0 aliphatic rings. The average molecular weight is 394 g/mol. The van der Waals surface area contributed by atoms with Crippen molar-refractivity contribution in [3.8, 4) is 5.75 Å². The zero-order valence-electron chi connectivity index (χ0n) is 15.5. The van der Waals surface area contributed by atoms with Gasteiger partial charge >= 0.3 is 0 Å². The van der Waals surface area contributed by atoms with Crippen LogP contribution in [0.25, 0.3) is 0 Å². The fraction of sp³-hybridized carbons (Fsp3) is 0.316. The van der Waals surface area contributed by atoms with Gasteiger partial charge in [-0.3, -0.25) is 9.10 Å². The van der Waals surface area contributed by atoms with E-state index in [2.05, 4.69) is 5.32 Å². The predicted octanol–water partition coefficient (Wildman–Crippen LogP) is 2.87. The molecule has 1 atom stereocenters. The lowest BCUT2D eigenvalue weighted by Gasteiger charge is -2.20. The number of hydrogen-bond donors (Lipinski definition) is 1. The molecule has 0 fully saturated rings. The summed E-state index contributed by atoms with van der Waals surface area (Å²) >= 11 is 0. The molecule has 1 N–H and O–H groups in total. The molecule has 0 aliphatic carbocycles. The third-order valence-corrected chi connectivity index (χ3v) is 5.20. The Labute approximate surface area is 159 Å². The number of nitrogens with one attached hydrogen (secondary N) is 1. The summed E-state index contributed by atoms with van der Waals surface area (Å²) in [6, 6.07) is 12.1. The van der Waals surface area contributed by atoms with Crippen molar-refractivity contribution in [2.24, 2.45) is 0 Å². The van der Waals surface area contributed by atoms with E-state index in [1.165, 1.54) is 16.4 Å². The molecule has 0 aromatic heterocycles. The molecule has 0 saturated heterocycles. The first-order chi connectivity index (χ1) is 12.7. The van der Waals surface area contributed by atoms with Crippen LogP contribution in [0, 0.1) is 5.82 Å². The van der Waals surface area contributed by atoms with Crippen molar-refractivity contribution in [3.63, 3.8) is 0 Å². The predicted molar refractivity (Wildman–Crippen MR) is 103 cm³/mol. The number of halogens is 1. The highest BCUT2D eigenvalue weighted by Gasteiger charge is 2.15. The summed E-state index contributed by atoms with van der Waals surface area (Å²) in [6.07, 6.45) is 1.15. The molecule has 1 amide bonds. The Morgan fingerprint density at radius 1 is 1.15 bits per heavy atom. The van der Waals surface area contributed by atoms with Crippen LogP contribution in [0.3, 0.4) is 0 Å². The number of rotatable bonds is 8. The van der Waals surface area contributed by atoms with Crippen LogP contribution in [0.4, 0.5) is 10.1 Å². The third-order valence-electron chi connectivity index (χ3n) is 3.93. The summed E-state index contributed by atoms with van der Waals surface area (Å²) in [6.45, 7) is 3.68. The first-order valence-electron chi connectivity index (χ1n) is 8.46. The van der Waals surface area contributed by atoms with Gasteiger partial charge in [-0.25, -0.2) is 12.8 Å². The molecule has 2 aromatic rings. The lowest BCUT2D eigenvalue weighted by Crippen LogP contribution is -2.31. The smallest absolute Gasteiger partial charge is 0.258 e. The quantitative estimate of drug-likeness (QED) is 0.747. The van der Waals surface area contributed by atoms with Crippen LogP contribution in [0.2, 0.25) is 0 Å². The fourth-order valence-electron chi connectivity index (χ4n) is 2.58. The van der Waals surface area contributed by atoms with Crippen LogP contribution in [0.1, 0.15) is 25.5 Å². The highest BCUT2D eigenvalue weighted by molar-refractivity contribution is 7.92. The Morgan fingerprint density at radius 3 is 2.26 bits per heavy atom. The van der Waals surface area contributed by atoms with Gasteiger partial charge < -0.3 is 10.1 Å². The number of amides is 1. The molecule has 0 spiro atoms. The van der Waals surface area contributed by atoms with Gasteiger partial charge in [0.15, 0.2) is 6.61 Å². The molecular weight excluding hydrogens is 371 g/mol. The number of carbonyl (C=O) groups is 1. The van der Waals surface area contributed by atoms with Crippen LogP contribution >= 0.6 is 0 Å². The van der Waals surface area contributed by atoms with Gasteiger partial charge in [0.25, 0.3) is 5.91 Å². The zero-order valence-corrected chi connectivity index (χ0v) is 16.3. The second-order valence-electron chi connectivity index (χ2n) is 6.05. The lowest BCUT2D eigenvalue weighted by molar-refractivity contribution is -0.123. The minimum absolute atomic E-state index is 0.186. The maximum Gasteiger partial charge on any atom is 0.258 e. The molecule has 0 heterocycles. The van der Waals surface area contributed by atoms with E-state index in [0.717, 1.165) is 11.8 Å². The number of hydrogen-bond acceptors (Lipinski definition) is 4. The lowest BCUT2D eigenvalue weighted by atomic mass is 10.1. The summed E-state index contributed by atoms with van der Waals surface area (Å²) in [5.74, 6) is -0.198. The molecule has 0 saturated carbocycles. The van der Waals surface area contributed by atoms with Gasteiger partial charge in [-0.1, -0.05) is 12.1 Å². The first kappa shape index (κ1) is 20.7. The van der Waals surface area contributed by atoms with Gasteiger partial charge in [0, 0.05) is 6.54 Å². The second-order valence-corrected chi connectivity index (χ2v) is 7.96. The van der Waals surface area contributed by atoms with E-state index >= 15 is 0 Å². The summed E-state index contributed by atoms with van der Waals surface area (Å²) in [7, 11) is -3.34. The minimum atomic E-state index is -3.34. The molecule has 8 heteroatoms. The molecule has 0 aliphatic heterocycles. The molecule has 2 aromatic carbocycles. The third kappa shape index (κ3) is 5.96. The average Bonchev–Trinajstić information content (AvgIpc) is 2.61. The number of ether oxygens (including phenoxy) is 1. The molecule has 0 bridgehead atoms. The van der Waals surface area contributed by atoms with Crippen molar-refractivity contribution >= 4 is 21.6 Å². The van der Waals surface area contributed by atoms with Crippen molar-refractivity contribution in [2.75, 3.05) is 23.7 Å². The normalized spacial score (nSPS) is 12.3. The molecule has 2 rings (SSSR count). The van der Waals surface area contributed by atoms with Crippen LogP contribution in [0.5, 0.6) is 5.75 Å². The maximum atomic E-state index is 12.9. The van der Waals surface area contributed by atoms with Crippen LogP contribution in [-0.2, 0) is 14.8 Å². The summed E-state index contributed by atoms with van der Waals surface area (Å²) in [4.78, 5) is 12.0. The monoisotopic (exact) mass is 394 g/mol. The Kier molecular flexibility index (Phi) is 6.79. The number of nitrogens with zero attached hydrogens (tertiary/aromatic N) is 1. The molecular formula is C19H23FN2O4S. The van der Waals surface area contributed by atoms with Crippen LogP contribution in [-0.4, -0.2) is 33.7 Å². The van der Waals surface area contributed by atoms with Gasteiger partial charge in [0.2, 0.25) is 10.0 Å². The van der Waals surface area contributed by atoms with Crippen molar-refractivity contribution < 1.29 is 22.3 Å². The zero-order chi connectivity index (χ0) is 20.0. The SMILES string of the molecule is CCN(c1ccc(OCC(=O)NC(C)c2ccc(F)cc2)cc1)S(C)(=O)=O. The fourth-order valence-corrected chi connectivity index (χ4v) is 3.56. The second kappa shape index (κ2) is 8.85. The summed E-state index contributed by atoms with van der Waals surface area (Å²) in [5.41, 5.74) is 1.32. The summed E-state index contributed by atoms with van der Waals surface area (Å²) in [5, 5.41) is 2.77. The topological polar surface area (TPSA) is 75.7 Å². The number of sulfonamides is 1. The van der Waals surface area contributed by atoms with Gasteiger partial charge in [-0.05, 0) is 55.8 Å². The van der Waals surface area contributed by atoms with Gasteiger partial charge in [-0.15, -0.1) is 0 Å². The Balaban J connectivity index is 1.90. The highest BCUT2D eigenvalue weighted by Crippen LogP contribution is 2.21. The van der Waals surface area contributed by atoms with E-state index in [9.17, 15) is 17.6 Å². The Hall–Kier alpha value is -2.61. The van der Waals surface area contributed by atoms with E-state index in [4.69, 9.17) is 4.74 Å². The van der Waals surface area contributed by atoms with Crippen molar-refractivity contribution in [2.45, 2.75) is 19.9 Å². The molecule has 27 heavy (non-hydrogen) atoms. The largest absolute Gasteiger partial charge is 0.484 e. The minimum Gasteiger partial charge on any atom is -0.484 e. The van der Waals surface area contributed by atoms with Crippen LogP contribution < -0.4 is 14.4 Å². The van der Waals surface area contributed by atoms with Gasteiger partial charge in [0.1, 0.15) is 11.6 Å². The molecule has 6 nitrogen and oxygen atoms in total. The Bertz CT molecular complexity index is 868. The van der Waals surface area contributed by atoms with Crippen molar-refractivity contribution in [1.29, 1.82) is 0 Å².